The monoisotopic (exact) mass is 446 g/mol. The number of hydrogen-bond acceptors (Lipinski definition) is 2. The summed E-state index contributed by atoms with van der Waals surface area (Å²) in [7, 11) is 0. The van der Waals surface area contributed by atoms with E-state index < -0.39 is 5.97 Å². The quantitative estimate of drug-likeness (QED) is 0.196. The lowest BCUT2D eigenvalue weighted by atomic mass is 9.87. The number of aryl methyl sites for hydroxylation is 2. The van der Waals surface area contributed by atoms with Crippen LogP contribution in [-0.2, 0) is 11.2 Å². The van der Waals surface area contributed by atoms with Crippen LogP contribution in [0.1, 0.15) is 146 Å². The lowest BCUT2D eigenvalue weighted by molar-refractivity contribution is -0.137. The van der Waals surface area contributed by atoms with Crippen molar-refractivity contribution < 1.29 is 15.0 Å². The number of carboxylic acids is 1. The third-order valence-corrected chi connectivity index (χ3v) is 6.83. The minimum absolute atomic E-state index is 0.0408. The van der Waals surface area contributed by atoms with Crippen molar-refractivity contribution in [3.63, 3.8) is 0 Å². The Morgan fingerprint density at radius 3 is 1.69 bits per heavy atom. The molecule has 0 aliphatic carbocycles. The third-order valence-electron chi connectivity index (χ3n) is 6.83. The van der Waals surface area contributed by atoms with Crippen molar-refractivity contribution in [2.24, 2.45) is 0 Å². The number of aromatic hydroxyl groups is 1. The van der Waals surface area contributed by atoms with Crippen LogP contribution in [0.5, 0.6) is 5.75 Å². The summed E-state index contributed by atoms with van der Waals surface area (Å²) < 4.78 is 0. The first kappa shape index (κ1) is 28.5. The number of carbonyl (C=O) groups is 1. The summed E-state index contributed by atoms with van der Waals surface area (Å²) in [6.45, 7) is 6.21. The van der Waals surface area contributed by atoms with Gasteiger partial charge in [0, 0.05) is 0 Å². The van der Waals surface area contributed by atoms with E-state index in [0.29, 0.717) is 5.75 Å². The van der Waals surface area contributed by atoms with E-state index in [1.54, 1.807) is 0 Å². The average Bonchev–Trinajstić information content (AvgIpc) is 2.77. The Hall–Kier alpha value is -1.51. The molecule has 0 spiro atoms. The molecule has 0 radical (unpaired) electrons. The molecule has 0 aliphatic rings. The number of carboxylic acid groups (broad SMARTS) is 1. The fraction of sp³-hybridized carbons (Fsp3) is 0.759. The van der Waals surface area contributed by atoms with Gasteiger partial charge in [0.15, 0.2) is 0 Å². The van der Waals surface area contributed by atoms with Crippen LogP contribution in [-0.4, -0.2) is 16.2 Å². The van der Waals surface area contributed by atoms with Gasteiger partial charge in [-0.3, -0.25) is 4.79 Å². The molecule has 0 aromatic heterocycles. The van der Waals surface area contributed by atoms with Crippen LogP contribution < -0.4 is 0 Å². The predicted molar refractivity (Wildman–Crippen MR) is 137 cm³/mol. The molecule has 3 nitrogen and oxygen atoms in total. The summed E-state index contributed by atoms with van der Waals surface area (Å²) in [5.74, 6) is -0.337. The van der Waals surface area contributed by atoms with Gasteiger partial charge in [-0.15, -0.1) is 0 Å². The Morgan fingerprint density at radius 1 is 0.781 bits per heavy atom. The minimum Gasteiger partial charge on any atom is -0.507 e. The Labute approximate surface area is 198 Å². The number of benzene rings is 1. The first-order chi connectivity index (χ1) is 15.5. The maximum Gasteiger partial charge on any atom is 0.303 e. The maximum atomic E-state index is 11.4. The molecular formula is C29H50O3. The lowest BCUT2D eigenvalue weighted by Gasteiger charge is -2.18. The van der Waals surface area contributed by atoms with E-state index in [1.807, 2.05) is 26.0 Å². The largest absolute Gasteiger partial charge is 0.507 e. The van der Waals surface area contributed by atoms with Crippen molar-refractivity contribution in [1.82, 2.24) is 0 Å². The molecular weight excluding hydrogens is 396 g/mol. The van der Waals surface area contributed by atoms with Crippen LogP contribution in [0.3, 0.4) is 0 Å². The molecule has 0 saturated heterocycles. The summed E-state index contributed by atoms with van der Waals surface area (Å²) in [6.07, 6.45) is 22.0. The SMILES string of the molecule is CCCCCCCCCCCCCCCCCC(CC(=O)O)c1cc(C)c(O)c(CC)c1. The number of phenols is 1. The van der Waals surface area contributed by atoms with Crippen LogP contribution in [0.2, 0.25) is 0 Å². The number of rotatable bonds is 20. The summed E-state index contributed by atoms with van der Waals surface area (Å²) in [6, 6.07) is 3.99. The van der Waals surface area contributed by atoms with Gasteiger partial charge in [0.1, 0.15) is 5.75 Å². The van der Waals surface area contributed by atoms with Crippen molar-refractivity contribution in [3.8, 4) is 5.75 Å². The smallest absolute Gasteiger partial charge is 0.303 e. The van der Waals surface area contributed by atoms with Crippen LogP contribution in [0, 0.1) is 6.92 Å². The zero-order valence-corrected chi connectivity index (χ0v) is 21.3. The summed E-state index contributed by atoms with van der Waals surface area (Å²) in [5.41, 5.74) is 2.85. The van der Waals surface area contributed by atoms with Crippen LogP contribution >= 0.6 is 0 Å². The molecule has 32 heavy (non-hydrogen) atoms. The molecule has 0 fully saturated rings. The second-order valence-corrected chi connectivity index (χ2v) is 9.73. The fourth-order valence-electron chi connectivity index (χ4n) is 4.75. The number of phenolic OH excluding ortho intramolecular Hbond substituents is 1. The second-order valence-electron chi connectivity index (χ2n) is 9.73. The molecule has 0 aliphatic heterocycles. The highest BCUT2D eigenvalue weighted by atomic mass is 16.4. The van der Waals surface area contributed by atoms with Crippen LogP contribution in [0.15, 0.2) is 12.1 Å². The Kier molecular flexibility index (Phi) is 16.0. The standard InChI is InChI=1S/C29H50O3/c1-4-6-7-8-9-10-11-12-13-14-15-16-17-18-19-20-26(23-28(30)31)27-21-24(3)29(32)25(5-2)22-27/h21-22,26,32H,4-20,23H2,1-3H3,(H,30,31). The van der Waals surface area contributed by atoms with E-state index >= 15 is 0 Å². The van der Waals surface area contributed by atoms with E-state index in [4.69, 9.17) is 0 Å². The molecule has 184 valence electrons. The van der Waals surface area contributed by atoms with Crippen molar-refractivity contribution >= 4 is 5.97 Å². The number of hydrogen-bond donors (Lipinski definition) is 2. The van der Waals surface area contributed by atoms with Gasteiger partial charge in [-0.2, -0.15) is 0 Å². The van der Waals surface area contributed by atoms with Crippen LogP contribution in [0.25, 0.3) is 0 Å². The normalized spacial score (nSPS) is 12.2. The molecule has 0 heterocycles. The third kappa shape index (κ3) is 12.5. The van der Waals surface area contributed by atoms with Gasteiger partial charge in [0.25, 0.3) is 0 Å². The van der Waals surface area contributed by atoms with Gasteiger partial charge in [-0.25, -0.2) is 0 Å². The van der Waals surface area contributed by atoms with Gasteiger partial charge in [0.05, 0.1) is 6.42 Å². The topological polar surface area (TPSA) is 57.5 Å². The average molecular weight is 447 g/mol. The molecule has 0 bridgehead atoms. The first-order valence-corrected chi connectivity index (χ1v) is 13.5. The molecule has 2 N–H and O–H groups in total. The van der Waals surface area contributed by atoms with Gasteiger partial charge in [-0.05, 0) is 42.4 Å². The Bertz CT molecular complexity index is 623. The molecule has 3 heteroatoms. The van der Waals surface area contributed by atoms with Crippen molar-refractivity contribution in [1.29, 1.82) is 0 Å². The molecule has 1 rings (SSSR count). The van der Waals surface area contributed by atoms with Crippen molar-refractivity contribution in [2.45, 2.75) is 142 Å². The minimum atomic E-state index is -0.736. The first-order valence-electron chi connectivity index (χ1n) is 13.5. The van der Waals surface area contributed by atoms with Crippen molar-refractivity contribution in [2.75, 3.05) is 0 Å². The molecule has 1 atom stereocenters. The van der Waals surface area contributed by atoms with Gasteiger partial charge < -0.3 is 10.2 Å². The second kappa shape index (κ2) is 18.0. The van der Waals surface area contributed by atoms with E-state index in [0.717, 1.165) is 36.0 Å². The fourth-order valence-corrected chi connectivity index (χ4v) is 4.75. The summed E-state index contributed by atoms with van der Waals surface area (Å²) in [4.78, 5) is 11.4. The summed E-state index contributed by atoms with van der Waals surface area (Å²) in [5, 5.41) is 19.6. The number of aliphatic carboxylic acids is 1. The van der Waals surface area contributed by atoms with Gasteiger partial charge >= 0.3 is 5.97 Å². The lowest BCUT2D eigenvalue weighted by Crippen LogP contribution is -2.07. The Morgan fingerprint density at radius 2 is 1.25 bits per heavy atom. The van der Waals surface area contributed by atoms with Crippen LogP contribution in [0.4, 0.5) is 0 Å². The molecule has 1 aromatic rings. The zero-order valence-electron chi connectivity index (χ0n) is 21.3. The predicted octanol–water partition coefficient (Wildman–Crippen LogP) is 9.08. The summed E-state index contributed by atoms with van der Waals surface area (Å²) >= 11 is 0. The molecule has 0 amide bonds. The highest BCUT2D eigenvalue weighted by Gasteiger charge is 2.18. The molecule has 1 aromatic carbocycles. The van der Waals surface area contributed by atoms with Crippen molar-refractivity contribution in [3.05, 3.63) is 28.8 Å². The zero-order chi connectivity index (χ0) is 23.6. The van der Waals surface area contributed by atoms with E-state index in [2.05, 4.69) is 6.92 Å². The van der Waals surface area contributed by atoms with Gasteiger partial charge in [-0.1, -0.05) is 122 Å². The highest BCUT2D eigenvalue weighted by Crippen LogP contribution is 2.32. The number of unbranched alkanes of at least 4 members (excludes halogenated alkanes) is 14. The highest BCUT2D eigenvalue weighted by molar-refractivity contribution is 5.68. The van der Waals surface area contributed by atoms with Gasteiger partial charge in [0.2, 0.25) is 0 Å². The molecule has 0 saturated carbocycles. The Balaban J connectivity index is 2.18. The van der Waals surface area contributed by atoms with E-state index in [-0.39, 0.29) is 12.3 Å². The maximum absolute atomic E-state index is 11.4. The van der Waals surface area contributed by atoms with E-state index in [1.165, 1.54) is 89.9 Å². The molecule has 1 unspecified atom stereocenters. The van der Waals surface area contributed by atoms with E-state index in [9.17, 15) is 15.0 Å².